The molecule has 3 heterocycles. The number of carbonyl (C=O) groups is 4. The minimum absolute atomic E-state index is 0.0628. The van der Waals surface area contributed by atoms with E-state index in [2.05, 4.69) is 24.1 Å². The van der Waals surface area contributed by atoms with Gasteiger partial charge in [0.05, 0.1) is 11.1 Å². The predicted octanol–water partition coefficient (Wildman–Crippen LogP) is 0.647. The first-order chi connectivity index (χ1) is 13.7. The topological polar surface area (TPSA) is 113 Å². The second-order valence-corrected chi connectivity index (χ2v) is 9.08. The summed E-state index contributed by atoms with van der Waals surface area (Å²) in [4.78, 5) is 53.0. The summed E-state index contributed by atoms with van der Waals surface area (Å²) >= 11 is 0. The molecule has 3 N–H and O–H groups in total. The van der Waals surface area contributed by atoms with Gasteiger partial charge in [-0.15, -0.1) is 0 Å². The smallest absolute Gasteiger partial charge is 0.262 e. The fraction of sp³-hybridized carbons (Fsp3) is 0.524. The molecule has 0 aliphatic carbocycles. The van der Waals surface area contributed by atoms with Crippen molar-refractivity contribution >= 4 is 23.6 Å². The standard InChI is InChI=1S/C21H26N4O4/c1-21(2)8-13(22)10-24(11-21)9-12-4-3-5-14-17(12)20(29)25(19(14)28)15-6-7-16(26)23-18(15)27/h3-5,13,15H,6-11,22H2,1-2H3,(H,23,26,27). The summed E-state index contributed by atoms with van der Waals surface area (Å²) in [5.41, 5.74) is 7.74. The first-order valence-electron chi connectivity index (χ1n) is 9.98. The molecule has 29 heavy (non-hydrogen) atoms. The molecule has 3 aliphatic rings. The van der Waals surface area contributed by atoms with Crippen molar-refractivity contribution in [3.63, 3.8) is 0 Å². The maximum absolute atomic E-state index is 13.2. The molecule has 2 saturated heterocycles. The van der Waals surface area contributed by atoms with Gasteiger partial charge in [0, 0.05) is 32.1 Å². The number of rotatable bonds is 3. The third kappa shape index (κ3) is 3.58. The Labute approximate surface area is 169 Å². The molecule has 0 bridgehead atoms. The Morgan fingerprint density at radius 1 is 1.17 bits per heavy atom. The van der Waals surface area contributed by atoms with E-state index < -0.39 is 23.8 Å². The van der Waals surface area contributed by atoms with Gasteiger partial charge in [-0.1, -0.05) is 26.0 Å². The molecule has 0 saturated carbocycles. The Kier molecular flexibility index (Phi) is 4.78. The number of nitrogens with one attached hydrogen (secondary N) is 1. The number of nitrogens with zero attached hydrogens (tertiary/aromatic N) is 2. The molecule has 8 nitrogen and oxygen atoms in total. The number of benzene rings is 1. The number of likely N-dealkylation sites (tertiary alicyclic amines) is 1. The van der Waals surface area contributed by atoms with Crippen LogP contribution in [-0.4, -0.2) is 58.6 Å². The number of carbonyl (C=O) groups excluding carboxylic acids is 4. The van der Waals surface area contributed by atoms with Crippen LogP contribution in [0.1, 0.15) is 59.4 Å². The Morgan fingerprint density at radius 3 is 2.62 bits per heavy atom. The van der Waals surface area contributed by atoms with E-state index in [4.69, 9.17) is 5.73 Å². The van der Waals surface area contributed by atoms with E-state index >= 15 is 0 Å². The van der Waals surface area contributed by atoms with E-state index in [1.807, 2.05) is 6.07 Å². The quantitative estimate of drug-likeness (QED) is 0.723. The molecule has 2 unspecified atom stereocenters. The molecule has 4 rings (SSSR count). The highest BCUT2D eigenvalue weighted by molar-refractivity contribution is 6.24. The van der Waals surface area contributed by atoms with Gasteiger partial charge in [0.15, 0.2) is 0 Å². The SMILES string of the molecule is CC1(C)CC(N)CN(Cc2cccc3c2C(=O)N(C2CCC(=O)NC2=O)C3=O)C1. The minimum Gasteiger partial charge on any atom is -0.327 e. The minimum atomic E-state index is -0.949. The Balaban J connectivity index is 1.61. The Hall–Kier alpha value is -2.58. The van der Waals surface area contributed by atoms with E-state index in [0.717, 1.165) is 30.0 Å². The largest absolute Gasteiger partial charge is 0.327 e. The average Bonchev–Trinajstić information content (AvgIpc) is 2.85. The van der Waals surface area contributed by atoms with Crippen molar-refractivity contribution in [1.82, 2.24) is 15.1 Å². The summed E-state index contributed by atoms with van der Waals surface area (Å²) in [5, 5.41) is 2.22. The van der Waals surface area contributed by atoms with Crippen LogP contribution in [0.3, 0.4) is 0 Å². The van der Waals surface area contributed by atoms with Crippen LogP contribution in [0, 0.1) is 5.41 Å². The molecule has 3 aliphatic heterocycles. The molecule has 1 aromatic carbocycles. The summed E-state index contributed by atoms with van der Waals surface area (Å²) in [6.45, 7) is 6.44. The van der Waals surface area contributed by atoms with Gasteiger partial charge in [-0.25, -0.2) is 0 Å². The van der Waals surface area contributed by atoms with Crippen molar-refractivity contribution < 1.29 is 19.2 Å². The van der Waals surface area contributed by atoms with Crippen molar-refractivity contribution in [2.24, 2.45) is 11.1 Å². The lowest BCUT2D eigenvalue weighted by Gasteiger charge is -2.41. The van der Waals surface area contributed by atoms with Crippen LogP contribution in [0.15, 0.2) is 18.2 Å². The van der Waals surface area contributed by atoms with Gasteiger partial charge in [0.25, 0.3) is 11.8 Å². The third-order valence-corrected chi connectivity index (χ3v) is 5.91. The Morgan fingerprint density at radius 2 is 1.93 bits per heavy atom. The molecule has 8 heteroatoms. The fourth-order valence-corrected chi connectivity index (χ4v) is 4.92. The van der Waals surface area contributed by atoms with Gasteiger partial charge in [-0.05, 0) is 29.9 Å². The second kappa shape index (κ2) is 7.03. The average molecular weight is 398 g/mol. The monoisotopic (exact) mass is 398 g/mol. The van der Waals surface area contributed by atoms with Crippen molar-refractivity contribution in [2.45, 2.75) is 51.7 Å². The maximum atomic E-state index is 13.2. The van der Waals surface area contributed by atoms with Crippen LogP contribution in [0.5, 0.6) is 0 Å². The van der Waals surface area contributed by atoms with E-state index in [1.54, 1.807) is 12.1 Å². The summed E-state index contributed by atoms with van der Waals surface area (Å²) < 4.78 is 0. The molecule has 4 amide bonds. The Bertz CT molecular complexity index is 910. The van der Waals surface area contributed by atoms with Gasteiger partial charge in [0.1, 0.15) is 6.04 Å². The summed E-state index contributed by atoms with van der Waals surface area (Å²) in [6.07, 6.45) is 1.20. The zero-order chi connectivity index (χ0) is 20.9. The fourth-order valence-electron chi connectivity index (χ4n) is 4.92. The van der Waals surface area contributed by atoms with E-state index in [9.17, 15) is 19.2 Å². The lowest BCUT2D eigenvalue weighted by Crippen LogP contribution is -2.54. The van der Waals surface area contributed by atoms with Crippen molar-refractivity contribution in [3.05, 3.63) is 34.9 Å². The normalized spacial score (nSPS) is 27.2. The summed E-state index contributed by atoms with van der Waals surface area (Å²) in [5.74, 6) is -1.92. The van der Waals surface area contributed by atoms with Crippen molar-refractivity contribution in [3.8, 4) is 0 Å². The van der Waals surface area contributed by atoms with Crippen molar-refractivity contribution in [2.75, 3.05) is 13.1 Å². The van der Waals surface area contributed by atoms with Gasteiger partial charge >= 0.3 is 0 Å². The highest BCUT2D eigenvalue weighted by atomic mass is 16.2. The van der Waals surface area contributed by atoms with E-state index in [0.29, 0.717) is 17.7 Å². The van der Waals surface area contributed by atoms with Crippen molar-refractivity contribution in [1.29, 1.82) is 0 Å². The highest BCUT2D eigenvalue weighted by Crippen LogP contribution is 2.33. The molecule has 2 fully saturated rings. The van der Waals surface area contributed by atoms with Crippen LogP contribution < -0.4 is 11.1 Å². The molecule has 154 valence electrons. The lowest BCUT2D eigenvalue weighted by molar-refractivity contribution is -0.136. The number of hydrogen-bond donors (Lipinski definition) is 2. The number of nitrogens with two attached hydrogens (primary N) is 1. The molecular weight excluding hydrogens is 372 g/mol. The summed E-state index contributed by atoms with van der Waals surface area (Å²) in [6, 6.07) is 4.35. The number of hydrogen-bond acceptors (Lipinski definition) is 6. The number of amides is 4. The molecule has 1 aromatic rings. The number of imide groups is 2. The van der Waals surface area contributed by atoms with E-state index in [1.165, 1.54) is 0 Å². The van der Waals surface area contributed by atoms with Crippen LogP contribution in [0.25, 0.3) is 0 Å². The van der Waals surface area contributed by atoms with Crippen LogP contribution in [0.4, 0.5) is 0 Å². The van der Waals surface area contributed by atoms with Crippen LogP contribution in [-0.2, 0) is 16.1 Å². The first kappa shape index (κ1) is 19.7. The maximum Gasteiger partial charge on any atom is 0.262 e. The molecular formula is C21H26N4O4. The number of piperidine rings is 2. The number of fused-ring (bicyclic) bond motifs is 1. The zero-order valence-corrected chi connectivity index (χ0v) is 16.7. The van der Waals surface area contributed by atoms with Gasteiger partial charge in [-0.3, -0.25) is 34.3 Å². The second-order valence-electron chi connectivity index (χ2n) is 9.08. The molecule has 0 aromatic heterocycles. The molecule has 0 spiro atoms. The van der Waals surface area contributed by atoms with Gasteiger partial charge < -0.3 is 5.73 Å². The van der Waals surface area contributed by atoms with Crippen LogP contribution >= 0.6 is 0 Å². The zero-order valence-electron chi connectivity index (χ0n) is 16.7. The van der Waals surface area contributed by atoms with Gasteiger partial charge in [0.2, 0.25) is 11.8 Å². The highest BCUT2D eigenvalue weighted by Gasteiger charge is 2.45. The van der Waals surface area contributed by atoms with E-state index in [-0.39, 0.29) is 30.2 Å². The predicted molar refractivity (Wildman–Crippen MR) is 105 cm³/mol. The third-order valence-electron chi connectivity index (χ3n) is 5.91. The van der Waals surface area contributed by atoms with Crippen LogP contribution in [0.2, 0.25) is 0 Å². The molecule has 2 atom stereocenters. The lowest BCUT2D eigenvalue weighted by atomic mass is 9.82. The van der Waals surface area contributed by atoms with Gasteiger partial charge in [-0.2, -0.15) is 0 Å². The first-order valence-corrected chi connectivity index (χ1v) is 9.98. The summed E-state index contributed by atoms with van der Waals surface area (Å²) in [7, 11) is 0. The molecule has 0 radical (unpaired) electrons.